The molecule has 0 bridgehead atoms. The average molecular weight is 354 g/mol. The summed E-state index contributed by atoms with van der Waals surface area (Å²) in [7, 11) is 3.37. The molecule has 124 valence electrons. The van der Waals surface area contributed by atoms with E-state index in [1.54, 1.807) is 19.1 Å². The molecule has 1 N–H and O–H groups in total. The number of quaternary nitrogens is 1. The van der Waals surface area contributed by atoms with E-state index < -0.39 is 0 Å². The van der Waals surface area contributed by atoms with Gasteiger partial charge >= 0.3 is 0 Å². The molecule has 3 nitrogen and oxygen atoms in total. The zero-order valence-corrected chi connectivity index (χ0v) is 14.9. The van der Waals surface area contributed by atoms with Gasteiger partial charge in [0.25, 0.3) is 0 Å². The van der Waals surface area contributed by atoms with Gasteiger partial charge in [-0.3, -0.25) is 0 Å². The molecule has 1 heterocycles. The lowest BCUT2D eigenvalue weighted by Gasteiger charge is -2.27. The number of benzene rings is 2. The van der Waals surface area contributed by atoms with Crippen LogP contribution in [0, 0.1) is 0 Å². The van der Waals surface area contributed by atoms with Crippen molar-refractivity contribution < 1.29 is 26.8 Å². The second kappa shape index (κ2) is 7.91. The minimum Gasteiger partial charge on any atom is -1.00 e. The minimum absolute atomic E-state index is 0. The lowest BCUT2D eigenvalue weighted by Crippen LogP contribution is -3.10. The molecule has 0 radical (unpaired) electrons. The van der Waals surface area contributed by atoms with E-state index in [0.29, 0.717) is 0 Å². The monoisotopic (exact) mass is 353 g/mol. The maximum absolute atomic E-state index is 5.95. The first-order valence-corrected chi connectivity index (χ1v) is 7.89. The zero-order valence-electron chi connectivity index (χ0n) is 13.4. The SMILES string of the molecule is COc1cc2c(cc1OC)C[NH+](Cc1ccc(Cl)cc1)CC2.[Cl-]. The van der Waals surface area contributed by atoms with E-state index in [9.17, 15) is 0 Å². The highest BCUT2D eigenvalue weighted by Crippen LogP contribution is 2.31. The molecule has 1 aliphatic rings. The molecule has 0 saturated heterocycles. The van der Waals surface area contributed by atoms with E-state index in [0.717, 1.165) is 42.6 Å². The fraction of sp³-hybridized carbons (Fsp3) is 0.333. The molecule has 1 atom stereocenters. The van der Waals surface area contributed by atoms with E-state index in [4.69, 9.17) is 21.1 Å². The van der Waals surface area contributed by atoms with Crippen LogP contribution >= 0.6 is 11.6 Å². The number of halogens is 2. The zero-order chi connectivity index (χ0) is 15.5. The first-order chi connectivity index (χ1) is 10.7. The summed E-state index contributed by atoms with van der Waals surface area (Å²) in [6.45, 7) is 3.16. The normalized spacial score (nSPS) is 16.2. The van der Waals surface area contributed by atoms with Crippen molar-refractivity contribution in [3.8, 4) is 11.5 Å². The minimum atomic E-state index is 0. The van der Waals surface area contributed by atoms with Gasteiger partial charge in [-0.15, -0.1) is 0 Å². The summed E-state index contributed by atoms with van der Waals surface area (Å²) in [4.78, 5) is 1.56. The number of methoxy groups -OCH3 is 2. The molecule has 1 aliphatic heterocycles. The van der Waals surface area contributed by atoms with Crippen LogP contribution in [0.3, 0.4) is 0 Å². The Morgan fingerprint density at radius 2 is 1.61 bits per heavy atom. The van der Waals surface area contributed by atoms with Crippen LogP contribution in [0.1, 0.15) is 16.7 Å². The Hall–Kier alpha value is -1.42. The van der Waals surface area contributed by atoms with Crippen molar-refractivity contribution in [2.24, 2.45) is 0 Å². The maximum Gasteiger partial charge on any atom is 0.161 e. The number of ether oxygens (including phenoxy) is 2. The van der Waals surface area contributed by atoms with Crippen LogP contribution in [0.2, 0.25) is 5.02 Å². The summed E-state index contributed by atoms with van der Waals surface area (Å²) < 4.78 is 10.8. The predicted octanol–water partition coefficient (Wildman–Crippen LogP) is -0.498. The standard InChI is InChI=1S/C18H20ClNO2.ClH/c1-21-17-9-14-7-8-20(12-15(14)10-18(17)22-2)11-13-3-5-16(19)6-4-13;/h3-6,9-10H,7-8,11-12H2,1-2H3;1H. The molecule has 0 aliphatic carbocycles. The van der Waals surface area contributed by atoms with Crippen LogP contribution in [-0.2, 0) is 19.5 Å². The van der Waals surface area contributed by atoms with E-state index in [-0.39, 0.29) is 12.4 Å². The van der Waals surface area contributed by atoms with Crippen LogP contribution < -0.4 is 26.8 Å². The van der Waals surface area contributed by atoms with E-state index in [2.05, 4.69) is 24.3 Å². The van der Waals surface area contributed by atoms with Gasteiger partial charge < -0.3 is 26.8 Å². The molecule has 0 amide bonds. The highest BCUT2D eigenvalue weighted by molar-refractivity contribution is 6.30. The number of rotatable bonds is 4. The molecular weight excluding hydrogens is 333 g/mol. The van der Waals surface area contributed by atoms with Crippen LogP contribution in [0.5, 0.6) is 11.5 Å². The lowest BCUT2D eigenvalue weighted by molar-refractivity contribution is -0.929. The van der Waals surface area contributed by atoms with Gasteiger partial charge in [0.1, 0.15) is 13.1 Å². The van der Waals surface area contributed by atoms with Gasteiger partial charge in [0, 0.05) is 22.6 Å². The highest BCUT2D eigenvalue weighted by atomic mass is 35.5. The predicted molar refractivity (Wildman–Crippen MR) is 87.9 cm³/mol. The molecular formula is C18H21Cl2NO2. The summed E-state index contributed by atoms with van der Waals surface area (Å²) in [6.07, 6.45) is 1.07. The Morgan fingerprint density at radius 1 is 1.00 bits per heavy atom. The van der Waals surface area contributed by atoms with Crippen molar-refractivity contribution >= 4 is 11.6 Å². The maximum atomic E-state index is 5.95. The molecule has 0 fully saturated rings. The second-order valence-corrected chi connectivity index (χ2v) is 6.14. The number of fused-ring (bicyclic) bond motifs is 1. The topological polar surface area (TPSA) is 22.9 Å². The summed E-state index contributed by atoms with van der Waals surface area (Å²) in [5.41, 5.74) is 4.05. The quantitative estimate of drug-likeness (QED) is 0.801. The largest absolute Gasteiger partial charge is 1.00 e. The van der Waals surface area contributed by atoms with Crippen LogP contribution in [0.4, 0.5) is 0 Å². The fourth-order valence-corrected chi connectivity index (χ4v) is 3.20. The third kappa shape index (κ3) is 4.11. The fourth-order valence-electron chi connectivity index (χ4n) is 3.07. The van der Waals surface area contributed by atoms with Crippen molar-refractivity contribution in [2.45, 2.75) is 19.5 Å². The number of hydrogen-bond donors (Lipinski definition) is 1. The van der Waals surface area contributed by atoms with Gasteiger partial charge in [0.15, 0.2) is 11.5 Å². The molecule has 0 saturated carbocycles. The van der Waals surface area contributed by atoms with Crippen molar-refractivity contribution in [2.75, 3.05) is 20.8 Å². The second-order valence-electron chi connectivity index (χ2n) is 5.71. The van der Waals surface area contributed by atoms with Gasteiger partial charge in [0.2, 0.25) is 0 Å². The van der Waals surface area contributed by atoms with E-state index in [1.165, 1.54) is 16.7 Å². The van der Waals surface area contributed by atoms with Gasteiger partial charge in [-0.1, -0.05) is 23.7 Å². The molecule has 1 unspecified atom stereocenters. The van der Waals surface area contributed by atoms with Crippen LogP contribution in [0.15, 0.2) is 36.4 Å². The summed E-state index contributed by atoms with van der Waals surface area (Å²) in [5, 5.41) is 0.791. The summed E-state index contributed by atoms with van der Waals surface area (Å²) in [6, 6.07) is 12.4. The molecule has 0 spiro atoms. The first kappa shape index (κ1) is 17.9. The van der Waals surface area contributed by atoms with E-state index >= 15 is 0 Å². The van der Waals surface area contributed by atoms with Crippen molar-refractivity contribution in [1.82, 2.24) is 0 Å². The molecule has 5 heteroatoms. The number of nitrogens with one attached hydrogen (secondary N) is 1. The van der Waals surface area contributed by atoms with E-state index in [1.807, 2.05) is 12.1 Å². The van der Waals surface area contributed by atoms with Crippen LogP contribution in [0.25, 0.3) is 0 Å². The highest BCUT2D eigenvalue weighted by Gasteiger charge is 2.22. The molecule has 2 aromatic rings. The van der Waals surface area contributed by atoms with Crippen LogP contribution in [-0.4, -0.2) is 20.8 Å². The Bertz CT molecular complexity index is 659. The molecule has 3 rings (SSSR count). The lowest BCUT2D eigenvalue weighted by atomic mass is 9.98. The Morgan fingerprint density at radius 3 is 2.22 bits per heavy atom. The van der Waals surface area contributed by atoms with Gasteiger partial charge in [-0.2, -0.15) is 0 Å². The summed E-state index contributed by atoms with van der Waals surface area (Å²) >= 11 is 5.95. The van der Waals surface area contributed by atoms with Crippen molar-refractivity contribution in [3.63, 3.8) is 0 Å². The van der Waals surface area contributed by atoms with Gasteiger partial charge in [-0.25, -0.2) is 0 Å². The van der Waals surface area contributed by atoms with Crippen molar-refractivity contribution in [1.29, 1.82) is 0 Å². The molecule has 23 heavy (non-hydrogen) atoms. The van der Waals surface area contributed by atoms with Gasteiger partial charge in [-0.05, 0) is 29.8 Å². The Labute approximate surface area is 148 Å². The molecule has 2 aromatic carbocycles. The van der Waals surface area contributed by atoms with Gasteiger partial charge in [0.05, 0.1) is 20.8 Å². The molecule has 0 aromatic heterocycles. The Balaban J connectivity index is 0.00000192. The smallest absolute Gasteiger partial charge is 0.161 e. The first-order valence-electron chi connectivity index (χ1n) is 7.51. The van der Waals surface area contributed by atoms with Crippen molar-refractivity contribution in [3.05, 3.63) is 58.1 Å². The summed E-state index contributed by atoms with van der Waals surface area (Å²) in [5.74, 6) is 1.64. The Kier molecular flexibility index (Phi) is 6.17. The number of hydrogen-bond acceptors (Lipinski definition) is 2. The third-order valence-electron chi connectivity index (χ3n) is 4.26. The third-order valence-corrected chi connectivity index (χ3v) is 4.51. The average Bonchev–Trinajstić information content (AvgIpc) is 2.55.